The summed E-state index contributed by atoms with van der Waals surface area (Å²) in [6.07, 6.45) is 12.1. The zero-order chi connectivity index (χ0) is 19.9. The number of rotatable bonds is 5. The molecule has 5 nitrogen and oxygen atoms in total. The number of carbonyl (C=O) groups is 2. The van der Waals surface area contributed by atoms with Crippen LogP contribution in [0.1, 0.15) is 31.7 Å². The van der Waals surface area contributed by atoms with Crippen molar-refractivity contribution in [3.63, 3.8) is 0 Å². The highest BCUT2D eigenvalue weighted by Gasteiger charge is 2.26. The highest BCUT2D eigenvalue weighted by Crippen LogP contribution is 2.39. The summed E-state index contributed by atoms with van der Waals surface area (Å²) < 4.78 is 10.6. The predicted octanol–water partition coefficient (Wildman–Crippen LogP) is 4.34. The van der Waals surface area contributed by atoms with Gasteiger partial charge in [0, 0.05) is 29.8 Å². The molecule has 0 aromatic heterocycles. The molecule has 0 fully saturated rings. The van der Waals surface area contributed by atoms with E-state index in [9.17, 15) is 9.59 Å². The number of hydrogen-bond acceptors (Lipinski definition) is 4. The third-order valence-electron chi connectivity index (χ3n) is 4.56. The van der Waals surface area contributed by atoms with E-state index in [1.54, 1.807) is 13.1 Å². The number of hydrogen-bond donors (Lipinski definition) is 0. The lowest BCUT2D eigenvalue weighted by Crippen LogP contribution is -2.23. The average Bonchev–Trinajstić information content (AvgIpc) is 2.73. The minimum Gasteiger partial charge on any atom is -0.463 e. The van der Waals surface area contributed by atoms with Crippen LogP contribution in [0.2, 0.25) is 0 Å². The number of ether oxygens (including phenoxy) is 2. The van der Waals surface area contributed by atoms with Crippen LogP contribution in [0, 0.1) is 0 Å². The SMILES string of the molecule is CCOC(=O)/C=C/C(=O)N1C=COC(C2=C(C)C=CCC2c2ccccc2)=C1. The first-order chi connectivity index (χ1) is 13.6. The largest absolute Gasteiger partial charge is 0.463 e. The summed E-state index contributed by atoms with van der Waals surface area (Å²) in [4.78, 5) is 25.2. The maximum atomic E-state index is 12.4. The van der Waals surface area contributed by atoms with Crippen molar-refractivity contribution in [2.45, 2.75) is 26.2 Å². The Morgan fingerprint density at radius 2 is 2.04 bits per heavy atom. The first-order valence-corrected chi connectivity index (χ1v) is 9.25. The Labute approximate surface area is 164 Å². The molecule has 144 valence electrons. The molecule has 1 atom stereocenters. The molecule has 0 saturated carbocycles. The average molecular weight is 377 g/mol. The number of carbonyl (C=O) groups excluding carboxylic acids is 2. The van der Waals surface area contributed by atoms with E-state index in [1.807, 2.05) is 25.1 Å². The molecule has 2 aliphatic rings. The third-order valence-corrected chi connectivity index (χ3v) is 4.56. The summed E-state index contributed by atoms with van der Waals surface area (Å²) in [6, 6.07) is 10.2. The van der Waals surface area contributed by atoms with Crippen LogP contribution in [-0.2, 0) is 19.1 Å². The maximum Gasteiger partial charge on any atom is 0.330 e. The van der Waals surface area contributed by atoms with Gasteiger partial charge in [-0.25, -0.2) is 4.79 Å². The normalized spacial score (nSPS) is 18.9. The van der Waals surface area contributed by atoms with E-state index in [4.69, 9.17) is 9.47 Å². The molecule has 1 amide bonds. The van der Waals surface area contributed by atoms with Crippen molar-refractivity contribution in [1.29, 1.82) is 0 Å². The van der Waals surface area contributed by atoms with Gasteiger partial charge >= 0.3 is 5.97 Å². The number of amides is 1. The molecule has 1 aliphatic carbocycles. The summed E-state index contributed by atoms with van der Waals surface area (Å²) in [7, 11) is 0. The topological polar surface area (TPSA) is 55.8 Å². The van der Waals surface area contributed by atoms with Crippen molar-refractivity contribution in [2.24, 2.45) is 0 Å². The molecule has 1 heterocycles. The van der Waals surface area contributed by atoms with Crippen molar-refractivity contribution < 1.29 is 19.1 Å². The fraction of sp³-hybridized carbons (Fsp3) is 0.217. The zero-order valence-electron chi connectivity index (χ0n) is 16.0. The Bertz CT molecular complexity index is 890. The smallest absolute Gasteiger partial charge is 0.330 e. The van der Waals surface area contributed by atoms with Gasteiger partial charge in [-0.15, -0.1) is 0 Å². The molecular weight excluding hydrogens is 354 g/mol. The Morgan fingerprint density at radius 1 is 1.25 bits per heavy atom. The molecule has 5 heteroatoms. The van der Waals surface area contributed by atoms with Crippen LogP contribution in [0.25, 0.3) is 0 Å². The first kappa shape index (κ1) is 19.4. The Balaban J connectivity index is 1.86. The van der Waals surface area contributed by atoms with Gasteiger partial charge in [0.2, 0.25) is 0 Å². The first-order valence-electron chi connectivity index (χ1n) is 9.25. The van der Waals surface area contributed by atoms with Crippen molar-refractivity contribution in [3.8, 4) is 0 Å². The van der Waals surface area contributed by atoms with Crippen LogP contribution in [0.15, 0.2) is 90.2 Å². The summed E-state index contributed by atoms with van der Waals surface area (Å²) >= 11 is 0. The second-order valence-electron chi connectivity index (χ2n) is 6.43. The van der Waals surface area contributed by atoms with Crippen molar-refractivity contribution in [1.82, 2.24) is 4.90 Å². The standard InChI is InChI=1S/C23H23NO4/c1-3-27-22(26)13-12-21(25)24-14-15-28-20(16-24)23-17(2)8-7-11-19(23)18-9-5-4-6-10-18/h4-10,12-16,19H,3,11H2,1-2H3/b13-12+. The zero-order valence-corrected chi connectivity index (χ0v) is 16.0. The van der Waals surface area contributed by atoms with Crippen LogP contribution in [0.5, 0.6) is 0 Å². The summed E-state index contributed by atoms with van der Waals surface area (Å²) in [5, 5.41) is 0. The molecule has 1 unspecified atom stereocenters. The number of allylic oxidation sites excluding steroid dienone is 4. The molecular formula is C23H23NO4. The van der Waals surface area contributed by atoms with Crippen LogP contribution < -0.4 is 0 Å². The van der Waals surface area contributed by atoms with E-state index in [1.165, 1.54) is 29.0 Å². The van der Waals surface area contributed by atoms with Gasteiger partial charge in [-0.05, 0) is 31.4 Å². The van der Waals surface area contributed by atoms with E-state index in [-0.39, 0.29) is 18.4 Å². The fourth-order valence-corrected chi connectivity index (χ4v) is 3.27. The monoisotopic (exact) mass is 377 g/mol. The summed E-state index contributed by atoms with van der Waals surface area (Å²) in [5.74, 6) is -0.129. The Hall–Kier alpha value is -3.34. The minimum absolute atomic E-state index is 0.149. The molecule has 1 aromatic carbocycles. The van der Waals surface area contributed by atoms with Gasteiger partial charge in [-0.3, -0.25) is 9.69 Å². The van der Waals surface area contributed by atoms with Crippen LogP contribution in [-0.4, -0.2) is 23.4 Å². The molecule has 0 bridgehead atoms. The quantitative estimate of drug-likeness (QED) is 0.566. The molecule has 0 N–H and O–H groups in total. The summed E-state index contributed by atoms with van der Waals surface area (Å²) in [5.41, 5.74) is 3.33. The van der Waals surface area contributed by atoms with Gasteiger partial charge in [0.1, 0.15) is 12.0 Å². The number of benzene rings is 1. The highest BCUT2D eigenvalue weighted by molar-refractivity contribution is 5.95. The lowest BCUT2D eigenvalue weighted by atomic mass is 9.81. The van der Waals surface area contributed by atoms with E-state index < -0.39 is 5.97 Å². The fourth-order valence-electron chi connectivity index (χ4n) is 3.27. The number of nitrogens with zero attached hydrogens (tertiary/aromatic N) is 1. The van der Waals surface area contributed by atoms with E-state index in [2.05, 4.69) is 24.3 Å². The highest BCUT2D eigenvalue weighted by atomic mass is 16.5. The van der Waals surface area contributed by atoms with Crippen LogP contribution in [0.3, 0.4) is 0 Å². The van der Waals surface area contributed by atoms with Crippen LogP contribution >= 0.6 is 0 Å². The second kappa shape index (κ2) is 9.04. The number of esters is 1. The molecule has 28 heavy (non-hydrogen) atoms. The minimum atomic E-state index is -0.544. The van der Waals surface area contributed by atoms with Gasteiger partial charge < -0.3 is 9.47 Å². The second-order valence-corrected chi connectivity index (χ2v) is 6.43. The van der Waals surface area contributed by atoms with Gasteiger partial charge in [-0.1, -0.05) is 42.5 Å². The molecule has 0 spiro atoms. The molecule has 1 aliphatic heterocycles. The van der Waals surface area contributed by atoms with Gasteiger partial charge in [0.05, 0.1) is 12.8 Å². The Kier molecular flexibility index (Phi) is 6.27. The molecule has 1 aromatic rings. The lowest BCUT2D eigenvalue weighted by Gasteiger charge is -2.28. The lowest BCUT2D eigenvalue weighted by molar-refractivity contribution is -0.137. The van der Waals surface area contributed by atoms with Crippen molar-refractivity contribution in [3.05, 3.63) is 95.8 Å². The van der Waals surface area contributed by atoms with E-state index >= 15 is 0 Å². The Morgan fingerprint density at radius 3 is 2.79 bits per heavy atom. The van der Waals surface area contributed by atoms with Crippen molar-refractivity contribution in [2.75, 3.05) is 6.61 Å². The van der Waals surface area contributed by atoms with Crippen molar-refractivity contribution >= 4 is 11.9 Å². The third kappa shape index (κ3) is 4.49. The van der Waals surface area contributed by atoms with Gasteiger partial charge in [-0.2, -0.15) is 0 Å². The molecule has 3 rings (SSSR count). The molecule has 0 radical (unpaired) electrons. The van der Waals surface area contributed by atoms with Gasteiger partial charge in [0.25, 0.3) is 5.91 Å². The van der Waals surface area contributed by atoms with Gasteiger partial charge in [0.15, 0.2) is 0 Å². The summed E-state index contributed by atoms with van der Waals surface area (Å²) in [6.45, 7) is 4.02. The maximum absolute atomic E-state index is 12.4. The predicted molar refractivity (Wildman–Crippen MR) is 107 cm³/mol. The van der Waals surface area contributed by atoms with E-state index in [0.717, 1.165) is 23.6 Å². The van der Waals surface area contributed by atoms with Crippen LogP contribution in [0.4, 0.5) is 0 Å². The molecule has 0 saturated heterocycles. The van der Waals surface area contributed by atoms with E-state index in [0.29, 0.717) is 5.76 Å².